The topological polar surface area (TPSA) is 103 Å². The number of nitrogens with one attached hydrogen (secondary N) is 2. The van der Waals surface area contributed by atoms with Gasteiger partial charge in [-0.2, -0.15) is 8.78 Å². The molecule has 0 bridgehead atoms. The molecule has 0 saturated heterocycles. The molecule has 0 fully saturated rings. The molecule has 28 heavy (non-hydrogen) atoms. The molecule has 0 saturated carbocycles. The first kappa shape index (κ1) is 23.1. The number of esters is 1. The van der Waals surface area contributed by atoms with Crippen molar-refractivity contribution in [1.29, 1.82) is 0 Å². The van der Waals surface area contributed by atoms with Crippen molar-refractivity contribution in [2.75, 3.05) is 26.1 Å². The van der Waals surface area contributed by atoms with Gasteiger partial charge in [-0.1, -0.05) is 20.8 Å². The fourth-order valence-corrected chi connectivity index (χ4v) is 2.06. The Morgan fingerprint density at radius 2 is 1.75 bits per heavy atom. The number of rotatable bonds is 8. The first-order valence-electron chi connectivity index (χ1n) is 8.33. The van der Waals surface area contributed by atoms with Gasteiger partial charge in [-0.15, -0.1) is 0 Å². The van der Waals surface area contributed by atoms with Gasteiger partial charge in [0.25, 0.3) is 0 Å². The first-order valence-corrected chi connectivity index (χ1v) is 8.33. The van der Waals surface area contributed by atoms with Gasteiger partial charge in [0.15, 0.2) is 11.5 Å². The van der Waals surface area contributed by atoms with E-state index in [1.165, 1.54) is 7.11 Å². The molecule has 0 aliphatic rings. The minimum Gasteiger partial charge on any atom is -0.493 e. The molecule has 2 N–H and O–H groups in total. The van der Waals surface area contributed by atoms with Gasteiger partial charge in [0, 0.05) is 30.5 Å². The summed E-state index contributed by atoms with van der Waals surface area (Å²) in [6, 6.07) is 2.17. The van der Waals surface area contributed by atoms with Gasteiger partial charge in [-0.05, 0) is 0 Å². The summed E-state index contributed by atoms with van der Waals surface area (Å²) in [6.07, 6.45) is -0.0977. The standard InChI is InChI=1S/C18H24F2N2O6/c1-18(2,3)16(25)21-7-6-14(23)22-11-9-13(28-17(19)20)12(26-4)8-10(11)15(24)27-5/h8-9,17H,6-7H2,1-5H3,(H,21,25)(H,22,23). The molecule has 0 atom stereocenters. The molecule has 1 rings (SSSR count). The Kier molecular flexibility index (Phi) is 8.15. The summed E-state index contributed by atoms with van der Waals surface area (Å²) in [5.41, 5.74) is -0.796. The van der Waals surface area contributed by atoms with Crippen molar-refractivity contribution in [3.8, 4) is 11.5 Å². The lowest BCUT2D eigenvalue weighted by atomic mass is 9.96. The molecule has 0 radical (unpaired) electrons. The number of benzene rings is 1. The molecule has 0 unspecified atom stereocenters. The predicted octanol–water partition coefficient (Wildman–Crippen LogP) is 2.57. The summed E-state index contributed by atoms with van der Waals surface area (Å²) in [4.78, 5) is 35.9. The molecule has 0 spiro atoms. The Labute approximate surface area is 161 Å². The maximum atomic E-state index is 12.6. The monoisotopic (exact) mass is 402 g/mol. The zero-order chi connectivity index (χ0) is 21.5. The lowest BCUT2D eigenvalue weighted by Crippen LogP contribution is -2.36. The van der Waals surface area contributed by atoms with E-state index in [0.717, 1.165) is 19.2 Å². The second-order valence-electron chi connectivity index (χ2n) is 6.72. The smallest absolute Gasteiger partial charge is 0.387 e. The quantitative estimate of drug-likeness (QED) is 0.648. The summed E-state index contributed by atoms with van der Waals surface area (Å²) < 4.78 is 39.1. The van der Waals surface area contributed by atoms with E-state index in [1.54, 1.807) is 20.8 Å². The molecule has 10 heteroatoms. The van der Waals surface area contributed by atoms with Gasteiger partial charge in [0.1, 0.15) is 0 Å². The molecular weight excluding hydrogens is 378 g/mol. The fraction of sp³-hybridized carbons (Fsp3) is 0.500. The van der Waals surface area contributed by atoms with E-state index >= 15 is 0 Å². The van der Waals surface area contributed by atoms with E-state index in [9.17, 15) is 23.2 Å². The molecule has 0 aliphatic heterocycles. The number of ether oxygens (including phenoxy) is 3. The molecule has 8 nitrogen and oxygen atoms in total. The molecule has 0 aliphatic carbocycles. The van der Waals surface area contributed by atoms with Crippen LogP contribution in [0.4, 0.5) is 14.5 Å². The number of hydrogen-bond acceptors (Lipinski definition) is 6. The van der Waals surface area contributed by atoms with E-state index in [4.69, 9.17) is 4.74 Å². The minimum atomic E-state index is -3.13. The van der Waals surface area contributed by atoms with E-state index < -0.39 is 23.9 Å². The molecular formula is C18H24F2N2O6. The third-order valence-electron chi connectivity index (χ3n) is 3.52. The lowest BCUT2D eigenvalue weighted by Gasteiger charge is -2.18. The minimum absolute atomic E-state index is 0.0615. The summed E-state index contributed by atoms with van der Waals surface area (Å²) in [5.74, 6) is -2.07. The molecule has 1 aromatic rings. The first-order chi connectivity index (χ1) is 13.0. The van der Waals surface area contributed by atoms with Crippen molar-refractivity contribution < 1.29 is 37.4 Å². The number of hydrogen-bond donors (Lipinski definition) is 2. The highest BCUT2D eigenvalue weighted by Crippen LogP contribution is 2.35. The van der Waals surface area contributed by atoms with Crippen molar-refractivity contribution >= 4 is 23.5 Å². The normalized spacial score (nSPS) is 11.0. The summed E-state index contributed by atoms with van der Waals surface area (Å²) >= 11 is 0. The lowest BCUT2D eigenvalue weighted by molar-refractivity contribution is -0.128. The molecule has 156 valence electrons. The van der Waals surface area contributed by atoms with Crippen LogP contribution in [0.25, 0.3) is 0 Å². The molecule has 2 amide bonds. The SMILES string of the molecule is COC(=O)c1cc(OC)c(OC(F)F)cc1NC(=O)CCNC(=O)C(C)(C)C. The fourth-order valence-electron chi connectivity index (χ4n) is 2.06. The van der Waals surface area contributed by atoms with Gasteiger partial charge in [-0.3, -0.25) is 9.59 Å². The Morgan fingerprint density at radius 1 is 1.11 bits per heavy atom. The highest BCUT2D eigenvalue weighted by molar-refractivity contribution is 6.02. The van der Waals surface area contributed by atoms with Crippen molar-refractivity contribution in [1.82, 2.24) is 5.32 Å². The predicted molar refractivity (Wildman–Crippen MR) is 96.7 cm³/mol. The number of carbonyl (C=O) groups excluding carboxylic acids is 3. The summed E-state index contributed by atoms with van der Waals surface area (Å²) in [7, 11) is 2.34. The van der Waals surface area contributed by atoms with Crippen LogP contribution in [0.3, 0.4) is 0 Å². The zero-order valence-electron chi connectivity index (χ0n) is 16.4. The second kappa shape index (κ2) is 9.86. The van der Waals surface area contributed by atoms with Gasteiger partial charge in [0.05, 0.1) is 25.5 Å². The van der Waals surface area contributed by atoms with E-state index in [2.05, 4.69) is 20.1 Å². The van der Waals surface area contributed by atoms with Crippen molar-refractivity contribution in [3.05, 3.63) is 17.7 Å². The van der Waals surface area contributed by atoms with Crippen LogP contribution in [0, 0.1) is 5.41 Å². The number of carbonyl (C=O) groups is 3. The van der Waals surface area contributed by atoms with Crippen LogP contribution in [0.2, 0.25) is 0 Å². The van der Waals surface area contributed by atoms with E-state index in [-0.39, 0.29) is 41.6 Å². The van der Waals surface area contributed by atoms with Gasteiger partial charge in [0.2, 0.25) is 11.8 Å². The van der Waals surface area contributed by atoms with Gasteiger partial charge < -0.3 is 24.8 Å². The summed E-state index contributed by atoms with van der Waals surface area (Å²) in [5, 5.41) is 5.04. The van der Waals surface area contributed by atoms with Gasteiger partial charge >= 0.3 is 12.6 Å². The number of anilines is 1. The largest absolute Gasteiger partial charge is 0.493 e. The van der Waals surface area contributed by atoms with Crippen LogP contribution in [-0.4, -0.2) is 45.2 Å². The van der Waals surface area contributed by atoms with Crippen LogP contribution in [0.15, 0.2) is 12.1 Å². The number of halogens is 2. The maximum Gasteiger partial charge on any atom is 0.387 e. The Bertz CT molecular complexity index is 732. The Balaban J connectivity index is 2.98. The number of alkyl halides is 2. The van der Waals surface area contributed by atoms with Crippen LogP contribution < -0.4 is 20.1 Å². The van der Waals surface area contributed by atoms with Crippen LogP contribution in [-0.2, 0) is 14.3 Å². The average molecular weight is 402 g/mol. The maximum absolute atomic E-state index is 12.6. The van der Waals surface area contributed by atoms with Crippen LogP contribution in [0.1, 0.15) is 37.6 Å². The summed E-state index contributed by atoms with van der Waals surface area (Å²) in [6.45, 7) is 2.12. The zero-order valence-corrected chi connectivity index (χ0v) is 16.4. The van der Waals surface area contributed by atoms with E-state index in [1.807, 2.05) is 0 Å². The number of amides is 2. The Hall–Kier alpha value is -2.91. The van der Waals surface area contributed by atoms with Crippen molar-refractivity contribution in [2.24, 2.45) is 5.41 Å². The molecule has 0 heterocycles. The van der Waals surface area contributed by atoms with Crippen LogP contribution >= 0.6 is 0 Å². The Morgan fingerprint density at radius 3 is 2.25 bits per heavy atom. The highest BCUT2D eigenvalue weighted by Gasteiger charge is 2.22. The average Bonchev–Trinajstić information content (AvgIpc) is 2.59. The van der Waals surface area contributed by atoms with Crippen LogP contribution in [0.5, 0.6) is 11.5 Å². The highest BCUT2D eigenvalue weighted by atomic mass is 19.3. The van der Waals surface area contributed by atoms with Crippen molar-refractivity contribution in [3.63, 3.8) is 0 Å². The second-order valence-corrected chi connectivity index (χ2v) is 6.72. The van der Waals surface area contributed by atoms with Gasteiger partial charge in [-0.25, -0.2) is 4.79 Å². The third kappa shape index (κ3) is 6.67. The van der Waals surface area contributed by atoms with E-state index in [0.29, 0.717) is 0 Å². The molecule has 1 aromatic carbocycles. The third-order valence-corrected chi connectivity index (χ3v) is 3.52. The molecule has 0 aromatic heterocycles. The number of methoxy groups -OCH3 is 2. The van der Waals surface area contributed by atoms with Crippen molar-refractivity contribution in [2.45, 2.75) is 33.8 Å².